The van der Waals surface area contributed by atoms with E-state index >= 15 is 0 Å². The smallest absolute Gasteiger partial charge is 0.325 e. The van der Waals surface area contributed by atoms with Crippen LogP contribution in [0, 0.1) is 6.92 Å². The van der Waals surface area contributed by atoms with Gasteiger partial charge < -0.3 is 10.4 Å². The minimum Gasteiger partial charge on any atom is -0.480 e. The lowest BCUT2D eigenvalue weighted by molar-refractivity contribution is -0.138. The molecule has 0 spiro atoms. The Labute approximate surface area is 84.8 Å². The second kappa shape index (κ2) is 4.19. The maximum atomic E-state index is 11.3. The van der Waals surface area contributed by atoms with Crippen LogP contribution in [-0.4, -0.2) is 28.0 Å². The molecule has 1 aromatic heterocycles. The molecule has 2 N–H and O–H groups in total. The molecule has 0 bridgehead atoms. The van der Waals surface area contributed by atoms with Crippen molar-refractivity contribution >= 4 is 23.2 Å². The van der Waals surface area contributed by atoms with Gasteiger partial charge in [0.25, 0.3) is 5.91 Å². The topological polar surface area (TPSA) is 79.3 Å². The van der Waals surface area contributed by atoms with Crippen LogP contribution >= 0.6 is 11.3 Å². The summed E-state index contributed by atoms with van der Waals surface area (Å²) in [5.41, 5.74) is 0.264. The molecule has 0 aliphatic rings. The van der Waals surface area contributed by atoms with E-state index in [1.54, 1.807) is 12.3 Å². The summed E-state index contributed by atoms with van der Waals surface area (Å²) >= 11 is 1.35. The van der Waals surface area contributed by atoms with Crippen LogP contribution in [0.2, 0.25) is 0 Å². The van der Waals surface area contributed by atoms with Gasteiger partial charge in [-0.2, -0.15) is 0 Å². The van der Waals surface area contributed by atoms with Gasteiger partial charge in [-0.15, -0.1) is 11.3 Å². The first-order chi connectivity index (χ1) is 6.50. The molecule has 0 saturated carbocycles. The molecular formula is C8H10N2O3S. The van der Waals surface area contributed by atoms with Gasteiger partial charge in [0.1, 0.15) is 11.7 Å². The Morgan fingerprint density at radius 3 is 2.71 bits per heavy atom. The van der Waals surface area contributed by atoms with Crippen molar-refractivity contribution in [2.24, 2.45) is 0 Å². The molecule has 1 amide bonds. The second-order valence-corrected chi connectivity index (χ2v) is 3.85. The lowest BCUT2D eigenvalue weighted by atomic mass is 10.3. The normalized spacial score (nSPS) is 12.1. The first kappa shape index (κ1) is 10.6. The van der Waals surface area contributed by atoms with Crippen molar-refractivity contribution in [3.63, 3.8) is 0 Å². The number of aryl methyl sites for hydroxylation is 1. The summed E-state index contributed by atoms with van der Waals surface area (Å²) in [7, 11) is 0. The minimum atomic E-state index is -1.06. The van der Waals surface area contributed by atoms with E-state index in [1.807, 2.05) is 0 Å². The van der Waals surface area contributed by atoms with Crippen molar-refractivity contribution in [2.45, 2.75) is 19.9 Å². The third-order valence-corrected chi connectivity index (χ3v) is 2.34. The van der Waals surface area contributed by atoms with Gasteiger partial charge in [-0.3, -0.25) is 9.59 Å². The van der Waals surface area contributed by atoms with E-state index in [4.69, 9.17) is 5.11 Å². The molecule has 14 heavy (non-hydrogen) atoms. The standard InChI is InChI=1S/C8H10N2O3S/c1-4(8(12)13)9-7(11)6-3-14-5(2)10-6/h3-4H,1-2H3,(H,9,11)(H,12,13)/t4-/m0/s1. The number of nitrogens with one attached hydrogen (secondary N) is 1. The summed E-state index contributed by atoms with van der Waals surface area (Å²) < 4.78 is 0. The molecule has 5 nitrogen and oxygen atoms in total. The van der Waals surface area contributed by atoms with E-state index in [1.165, 1.54) is 18.3 Å². The van der Waals surface area contributed by atoms with E-state index in [0.717, 1.165) is 5.01 Å². The number of hydrogen-bond donors (Lipinski definition) is 2. The van der Waals surface area contributed by atoms with E-state index in [2.05, 4.69) is 10.3 Å². The number of carboxylic acids is 1. The fourth-order valence-corrected chi connectivity index (χ4v) is 1.39. The maximum absolute atomic E-state index is 11.3. The summed E-state index contributed by atoms with van der Waals surface area (Å²) in [5, 5.41) is 13.2. The van der Waals surface area contributed by atoms with Crippen LogP contribution in [0.5, 0.6) is 0 Å². The van der Waals surface area contributed by atoms with Crippen LogP contribution in [0.1, 0.15) is 22.4 Å². The number of thiazole rings is 1. The van der Waals surface area contributed by atoms with E-state index in [9.17, 15) is 9.59 Å². The molecule has 0 aliphatic heterocycles. The Bertz CT molecular complexity index is 361. The monoisotopic (exact) mass is 214 g/mol. The van der Waals surface area contributed by atoms with Crippen LogP contribution in [0.4, 0.5) is 0 Å². The maximum Gasteiger partial charge on any atom is 0.325 e. The third kappa shape index (κ3) is 2.53. The molecule has 0 aliphatic carbocycles. The third-order valence-electron chi connectivity index (χ3n) is 1.57. The van der Waals surface area contributed by atoms with Gasteiger partial charge in [0.05, 0.1) is 5.01 Å². The van der Waals surface area contributed by atoms with Crippen molar-refractivity contribution in [3.05, 3.63) is 16.1 Å². The highest BCUT2D eigenvalue weighted by Crippen LogP contribution is 2.07. The average Bonchev–Trinajstić information content (AvgIpc) is 2.51. The minimum absolute atomic E-state index is 0.264. The molecule has 6 heteroatoms. The van der Waals surface area contributed by atoms with E-state index in [-0.39, 0.29) is 5.69 Å². The fourth-order valence-electron chi connectivity index (χ4n) is 0.800. The number of carbonyl (C=O) groups excluding carboxylic acids is 1. The van der Waals surface area contributed by atoms with Crippen molar-refractivity contribution < 1.29 is 14.7 Å². The van der Waals surface area contributed by atoms with E-state index in [0.29, 0.717) is 0 Å². The van der Waals surface area contributed by atoms with Crippen LogP contribution in [-0.2, 0) is 4.79 Å². The summed E-state index contributed by atoms with van der Waals surface area (Å²) in [6.07, 6.45) is 0. The summed E-state index contributed by atoms with van der Waals surface area (Å²) in [6, 6.07) is -0.899. The molecule has 1 atom stereocenters. The highest BCUT2D eigenvalue weighted by atomic mass is 32.1. The van der Waals surface area contributed by atoms with Gasteiger partial charge in [0.2, 0.25) is 0 Å². The number of aromatic nitrogens is 1. The molecule has 0 aromatic carbocycles. The van der Waals surface area contributed by atoms with Crippen molar-refractivity contribution in [3.8, 4) is 0 Å². The quantitative estimate of drug-likeness (QED) is 0.774. The highest BCUT2D eigenvalue weighted by molar-refractivity contribution is 7.09. The number of amides is 1. The predicted octanol–water partition coefficient (Wildman–Crippen LogP) is 0.654. The van der Waals surface area contributed by atoms with Gasteiger partial charge in [-0.25, -0.2) is 4.98 Å². The van der Waals surface area contributed by atoms with Gasteiger partial charge in [0, 0.05) is 5.38 Å². The average molecular weight is 214 g/mol. The largest absolute Gasteiger partial charge is 0.480 e. The lowest BCUT2D eigenvalue weighted by Crippen LogP contribution is -2.38. The van der Waals surface area contributed by atoms with Crippen molar-refractivity contribution in [1.82, 2.24) is 10.3 Å². The zero-order valence-electron chi connectivity index (χ0n) is 7.77. The highest BCUT2D eigenvalue weighted by Gasteiger charge is 2.16. The van der Waals surface area contributed by atoms with Crippen LogP contribution in [0.15, 0.2) is 5.38 Å². The zero-order chi connectivity index (χ0) is 10.7. The fraction of sp³-hybridized carbons (Fsp3) is 0.375. The number of carbonyl (C=O) groups is 2. The van der Waals surface area contributed by atoms with Crippen LogP contribution < -0.4 is 5.32 Å². The molecule has 0 unspecified atom stereocenters. The zero-order valence-corrected chi connectivity index (χ0v) is 8.59. The first-order valence-corrected chi connectivity index (χ1v) is 4.84. The van der Waals surface area contributed by atoms with Crippen LogP contribution in [0.3, 0.4) is 0 Å². The number of nitrogens with zero attached hydrogens (tertiary/aromatic N) is 1. The molecule has 1 heterocycles. The Kier molecular flexibility index (Phi) is 3.19. The summed E-state index contributed by atoms with van der Waals surface area (Å²) in [5.74, 6) is -1.52. The lowest BCUT2D eigenvalue weighted by Gasteiger charge is -2.06. The summed E-state index contributed by atoms with van der Waals surface area (Å²) in [6.45, 7) is 3.18. The first-order valence-electron chi connectivity index (χ1n) is 3.96. The van der Waals surface area contributed by atoms with Gasteiger partial charge in [-0.05, 0) is 13.8 Å². The Balaban J connectivity index is 2.63. The molecular weight excluding hydrogens is 204 g/mol. The number of aliphatic carboxylic acids is 1. The number of carboxylic acid groups (broad SMARTS) is 1. The molecule has 76 valence electrons. The van der Waals surface area contributed by atoms with Crippen molar-refractivity contribution in [2.75, 3.05) is 0 Å². The van der Waals surface area contributed by atoms with Crippen LogP contribution in [0.25, 0.3) is 0 Å². The SMILES string of the molecule is Cc1nc(C(=O)N[C@@H](C)C(=O)O)cs1. The second-order valence-electron chi connectivity index (χ2n) is 2.79. The van der Waals surface area contributed by atoms with Gasteiger partial charge >= 0.3 is 5.97 Å². The molecule has 1 rings (SSSR count). The Morgan fingerprint density at radius 1 is 1.64 bits per heavy atom. The molecule has 0 radical (unpaired) electrons. The molecule has 0 saturated heterocycles. The molecule has 0 fully saturated rings. The Hall–Kier alpha value is -1.43. The van der Waals surface area contributed by atoms with E-state index < -0.39 is 17.9 Å². The number of rotatable bonds is 3. The number of hydrogen-bond acceptors (Lipinski definition) is 4. The van der Waals surface area contributed by atoms with Crippen molar-refractivity contribution in [1.29, 1.82) is 0 Å². The predicted molar refractivity (Wildman–Crippen MR) is 51.4 cm³/mol. The van der Waals surface area contributed by atoms with Gasteiger partial charge in [0.15, 0.2) is 0 Å². The van der Waals surface area contributed by atoms with Gasteiger partial charge in [-0.1, -0.05) is 0 Å². The Morgan fingerprint density at radius 2 is 2.29 bits per heavy atom. The molecule has 1 aromatic rings. The summed E-state index contributed by atoms with van der Waals surface area (Å²) in [4.78, 5) is 25.7.